The molecule has 0 bridgehead atoms. The van der Waals surface area contributed by atoms with Crippen molar-refractivity contribution in [3.05, 3.63) is 59.7 Å². The number of nitrogens with zero attached hydrogens (tertiary/aromatic N) is 1. The molecule has 3 aromatic carbocycles. The van der Waals surface area contributed by atoms with E-state index in [4.69, 9.17) is 0 Å². The van der Waals surface area contributed by atoms with Crippen molar-refractivity contribution in [2.75, 3.05) is 7.05 Å². The predicted octanol–water partition coefficient (Wildman–Crippen LogP) is 3.20. The van der Waals surface area contributed by atoms with Gasteiger partial charge in [-0.15, -0.1) is 0 Å². The molecule has 4 rings (SSSR count). The molecule has 0 amide bonds. The molecule has 0 aliphatic heterocycles. The maximum atomic E-state index is 10.7. The monoisotopic (exact) mass is 290 g/mol. The van der Waals surface area contributed by atoms with Crippen LogP contribution < -0.4 is 5.43 Å². The quantitative estimate of drug-likeness (QED) is 0.372. The third-order valence-corrected chi connectivity index (χ3v) is 4.07. The summed E-state index contributed by atoms with van der Waals surface area (Å²) in [7, 11) is 1.71. The fraction of sp³-hybridized carbons (Fsp3) is 0.0556. The normalized spacial score (nSPS) is 14.1. The van der Waals surface area contributed by atoms with E-state index in [0.717, 1.165) is 11.1 Å². The zero-order valence-electron chi connectivity index (χ0n) is 12.0. The second-order valence-corrected chi connectivity index (χ2v) is 5.22. The molecule has 4 nitrogen and oxygen atoms in total. The Balaban J connectivity index is 2.23. The zero-order valence-corrected chi connectivity index (χ0v) is 12.0. The first-order valence-corrected chi connectivity index (χ1v) is 7.05. The maximum Gasteiger partial charge on any atom is 0.133 e. The number of nitrogens with one attached hydrogen (secondary N) is 1. The van der Waals surface area contributed by atoms with Gasteiger partial charge in [0.2, 0.25) is 0 Å². The van der Waals surface area contributed by atoms with Crippen LogP contribution in [0.15, 0.2) is 53.6 Å². The van der Waals surface area contributed by atoms with Crippen molar-refractivity contribution in [1.82, 2.24) is 5.43 Å². The van der Waals surface area contributed by atoms with Crippen LogP contribution in [-0.2, 0) is 0 Å². The molecule has 0 aromatic heterocycles. The Kier molecular flexibility index (Phi) is 2.60. The number of hydrogen-bond donors (Lipinski definition) is 3. The Bertz CT molecular complexity index is 945. The van der Waals surface area contributed by atoms with Gasteiger partial charge >= 0.3 is 0 Å². The Morgan fingerprint density at radius 3 is 1.95 bits per heavy atom. The molecule has 0 radical (unpaired) electrons. The second kappa shape index (κ2) is 4.49. The maximum absolute atomic E-state index is 10.7. The molecule has 0 saturated carbocycles. The highest BCUT2D eigenvalue weighted by molar-refractivity contribution is 6.29. The lowest BCUT2D eigenvalue weighted by atomic mass is 9.97. The van der Waals surface area contributed by atoms with Crippen LogP contribution in [-0.4, -0.2) is 23.0 Å². The summed E-state index contributed by atoms with van der Waals surface area (Å²) >= 11 is 0. The van der Waals surface area contributed by atoms with Crippen LogP contribution in [0.3, 0.4) is 0 Å². The van der Waals surface area contributed by atoms with Gasteiger partial charge in [-0.05, 0) is 5.56 Å². The zero-order chi connectivity index (χ0) is 15.3. The van der Waals surface area contributed by atoms with Crippen LogP contribution >= 0.6 is 0 Å². The molecule has 0 unspecified atom stereocenters. The summed E-state index contributed by atoms with van der Waals surface area (Å²) < 4.78 is 0. The van der Waals surface area contributed by atoms with E-state index in [-0.39, 0.29) is 11.5 Å². The van der Waals surface area contributed by atoms with Gasteiger partial charge in [0.25, 0.3) is 0 Å². The standard InChI is InChI=1S/C18H14N2O2/c1-19-20-16-11-7-3-2-6-10(11)14-15(16)18(22)13-9-5-4-8-12(13)17(14)21/h2-9,19,21-22H,1H3/b20-16+. The number of rotatable bonds is 1. The summed E-state index contributed by atoms with van der Waals surface area (Å²) in [5.74, 6) is 0.325. The lowest BCUT2D eigenvalue weighted by molar-refractivity contribution is 0.470. The molecule has 108 valence electrons. The second-order valence-electron chi connectivity index (χ2n) is 5.22. The van der Waals surface area contributed by atoms with Crippen molar-refractivity contribution in [3.8, 4) is 22.6 Å². The minimum atomic E-state index is 0.147. The number of benzene rings is 3. The van der Waals surface area contributed by atoms with E-state index in [2.05, 4.69) is 10.5 Å². The highest BCUT2D eigenvalue weighted by Crippen LogP contribution is 2.50. The van der Waals surface area contributed by atoms with E-state index in [1.807, 2.05) is 36.4 Å². The minimum Gasteiger partial charge on any atom is -0.507 e. The molecule has 3 aromatic rings. The largest absolute Gasteiger partial charge is 0.507 e. The van der Waals surface area contributed by atoms with Crippen molar-refractivity contribution in [3.63, 3.8) is 0 Å². The molecule has 0 atom stereocenters. The predicted molar refractivity (Wildman–Crippen MR) is 87.4 cm³/mol. The highest BCUT2D eigenvalue weighted by Gasteiger charge is 2.32. The third-order valence-electron chi connectivity index (χ3n) is 4.07. The van der Waals surface area contributed by atoms with Gasteiger partial charge in [-0.1, -0.05) is 48.5 Å². The lowest BCUT2D eigenvalue weighted by Gasteiger charge is -2.11. The fourth-order valence-electron chi connectivity index (χ4n) is 3.17. The number of phenolic OH excluding ortho intramolecular Hbond substituents is 2. The molecule has 0 fully saturated rings. The van der Waals surface area contributed by atoms with E-state index in [1.54, 1.807) is 19.2 Å². The fourth-order valence-corrected chi connectivity index (χ4v) is 3.17. The van der Waals surface area contributed by atoms with E-state index >= 15 is 0 Å². The molecular weight excluding hydrogens is 276 g/mol. The molecule has 22 heavy (non-hydrogen) atoms. The summed E-state index contributed by atoms with van der Waals surface area (Å²) in [6.07, 6.45) is 0. The smallest absolute Gasteiger partial charge is 0.133 e. The van der Waals surface area contributed by atoms with Gasteiger partial charge in [0.1, 0.15) is 17.2 Å². The average Bonchev–Trinajstić information content (AvgIpc) is 2.88. The van der Waals surface area contributed by atoms with Crippen molar-refractivity contribution in [2.24, 2.45) is 5.10 Å². The number of fused-ring (bicyclic) bond motifs is 4. The van der Waals surface area contributed by atoms with Crippen LogP contribution in [0.25, 0.3) is 21.9 Å². The summed E-state index contributed by atoms with van der Waals surface area (Å²) in [5.41, 5.74) is 6.42. The van der Waals surface area contributed by atoms with Crippen molar-refractivity contribution in [1.29, 1.82) is 0 Å². The Morgan fingerprint density at radius 2 is 1.32 bits per heavy atom. The molecule has 0 heterocycles. The molecule has 3 N–H and O–H groups in total. The summed E-state index contributed by atoms with van der Waals surface area (Å²) in [6.45, 7) is 0. The van der Waals surface area contributed by atoms with E-state index < -0.39 is 0 Å². The lowest BCUT2D eigenvalue weighted by Crippen LogP contribution is -2.06. The summed E-state index contributed by atoms with van der Waals surface area (Å²) in [4.78, 5) is 0. The average molecular weight is 290 g/mol. The molecular formula is C18H14N2O2. The van der Waals surface area contributed by atoms with Crippen LogP contribution in [0.2, 0.25) is 0 Å². The first kappa shape index (κ1) is 12.7. The van der Waals surface area contributed by atoms with Crippen LogP contribution in [0.1, 0.15) is 11.1 Å². The van der Waals surface area contributed by atoms with E-state index in [1.165, 1.54) is 0 Å². The van der Waals surface area contributed by atoms with Gasteiger partial charge in [0.15, 0.2) is 0 Å². The number of hydrogen-bond acceptors (Lipinski definition) is 4. The van der Waals surface area contributed by atoms with Crippen molar-refractivity contribution < 1.29 is 10.2 Å². The van der Waals surface area contributed by atoms with Crippen LogP contribution in [0.4, 0.5) is 0 Å². The van der Waals surface area contributed by atoms with Crippen molar-refractivity contribution >= 4 is 16.5 Å². The van der Waals surface area contributed by atoms with E-state index in [9.17, 15) is 10.2 Å². The first-order valence-electron chi connectivity index (χ1n) is 7.05. The van der Waals surface area contributed by atoms with Gasteiger partial charge in [-0.3, -0.25) is 0 Å². The summed E-state index contributed by atoms with van der Waals surface area (Å²) in [5, 5.41) is 27.1. The first-order chi connectivity index (χ1) is 10.7. The van der Waals surface area contributed by atoms with Gasteiger partial charge < -0.3 is 15.6 Å². The van der Waals surface area contributed by atoms with Crippen LogP contribution in [0.5, 0.6) is 11.5 Å². The molecule has 0 saturated heterocycles. The topological polar surface area (TPSA) is 64.9 Å². The Hall–Kier alpha value is -3.01. The van der Waals surface area contributed by atoms with Gasteiger partial charge in [0, 0.05) is 28.9 Å². The Labute approximate surface area is 127 Å². The minimum absolute atomic E-state index is 0.147. The number of aromatic hydroxyl groups is 2. The Morgan fingerprint density at radius 1 is 0.773 bits per heavy atom. The number of hydrazone groups is 1. The third kappa shape index (κ3) is 1.49. The van der Waals surface area contributed by atoms with Gasteiger partial charge in [-0.25, -0.2) is 0 Å². The number of phenols is 2. The van der Waals surface area contributed by atoms with E-state index in [0.29, 0.717) is 27.6 Å². The van der Waals surface area contributed by atoms with Gasteiger partial charge in [-0.2, -0.15) is 5.10 Å². The van der Waals surface area contributed by atoms with Crippen molar-refractivity contribution in [2.45, 2.75) is 0 Å². The molecule has 4 heteroatoms. The SMILES string of the molecule is CN/N=C1\c2ccccc2-c2c1c(O)c1ccccc1c2O. The van der Waals surface area contributed by atoms with Gasteiger partial charge in [0.05, 0.1) is 5.56 Å². The highest BCUT2D eigenvalue weighted by atomic mass is 16.3. The summed E-state index contributed by atoms with van der Waals surface area (Å²) in [6, 6.07) is 15.0. The molecule has 1 aliphatic rings. The van der Waals surface area contributed by atoms with Crippen LogP contribution in [0, 0.1) is 0 Å². The molecule has 1 aliphatic carbocycles. The molecule has 0 spiro atoms.